The molecule has 1 aromatic rings. The topological polar surface area (TPSA) is 40.5 Å². The Bertz CT molecular complexity index is 456. The van der Waals surface area contributed by atoms with Crippen LogP contribution >= 0.6 is 0 Å². The lowest BCUT2D eigenvalue weighted by Gasteiger charge is -2.21. The average molecular weight is 275 g/mol. The van der Waals surface area contributed by atoms with Crippen LogP contribution in [0.2, 0.25) is 0 Å². The summed E-state index contributed by atoms with van der Waals surface area (Å²) in [6.07, 6.45) is 3.84. The Balaban J connectivity index is 1.92. The molecule has 1 atom stereocenters. The molecule has 1 aromatic carbocycles. The molecule has 0 spiro atoms. The second-order valence-electron chi connectivity index (χ2n) is 6.16. The van der Waals surface area contributed by atoms with Gasteiger partial charge >= 0.3 is 0 Å². The molecule has 1 amide bonds. The summed E-state index contributed by atoms with van der Waals surface area (Å²) in [5.41, 5.74) is 0.889. The maximum Gasteiger partial charge on any atom is 0.226 e. The molecule has 2 rings (SSSR count). The van der Waals surface area contributed by atoms with E-state index < -0.39 is 0 Å². The van der Waals surface area contributed by atoms with Gasteiger partial charge in [0.1, 0.15) is 5.75 Å². The third-order valence-electron chi connectivity index (χ3n) is 4.33. The van der Waals surface area contributed by atoms with Gasteiger partial charge in [-0.25, -0.2) is 0 Å². The zero-order valence-electron chi connectivity index (χ0n) is 12.5. The molecule has 0 saturated carbocycles. The molecule has 110 valence electrons. The van der Waals surface area contributed by atoms with E-state index in [4.69, 9.17) is 0 Å². The summed E-state index contributed by atoms with van der Waals surface area (Å²) in [5.74, 6) is 1.86. The molecular weight excluding hydrogens is 250 g/mol. The first-order valence-corrected chi connectivity index (χ1v) is 7.62. The quantitative estimate of drug-likeness (QED) is 0.920. The molecular formula is C17H25NO2. The van der Waals surface area contributed by atoms with Crippen molar-refractivity contribution in [3.05, 3.63) is 29.8 Å². The van der Waals surface area contributed by atoms with E-state index in [1.807, 2.05) is 11.0 Å². The van der Waals surface area contributed by atoms with Crippen LogP contribution in [0.15, 0.2) is 24.3 Å². The number of benzene rings is 1. The average Bonchev–Trinajstić information content (AvgIpc) is 2.64. The molecule has 20 heavy (non-hydrogen) atoms. The number of phenols is 1. The fourth-order valence-electron chi connectivity index (χ4n) is 2.99. The minimum atomic E-state index is 0.181. The molecule has 1 unspecified atom stereocenters. The minimum Gasteiger partial charge on any atom is -0.508 e. The predicted molar refractivity (Wildman–Crippen MR) is 80.6 cm³/mol. The highest BCUT2D eigenvalue weighted by atomic mass is 16.3. The molecule has 1 fully saturated rings. The molecule has 0 radical (unpaired) electrons. The van der Waals surface area contributed by atoms with Crippen LogP contribution in [0, 0.1) is 11.8 Å². The number of carbonyl (C=O) groups excluding carboxylic acids is 1. The molecule has 3 heteroatoms. The van der Waals surface area contributed by atoms with Gasteiger partial charge in [-0.3, -0.25) is 4.79 Å². The Labute approximate surface area is 121 Å². The highest BCUT2D eigenvalue weighted by Gasteiger charge is 2.22. The van der Waals surface area contributed by atoms with E-state index in [0.29, 0.717) is 12.3 Å². The number of carbonyl (C=O) groups is 1. The van der Waals surface area contributed by atoms with Crippen LogP contribution in [-0.4, -0.2) is 29.0 Å². The molecule has 3 nitrogen and oxygen atoms in total. The normalized spacial score (nSPS) is 19.9. The van der Waals surface area contributed by atoms with Crippen molar-refractivity contribution >= 4 is 5.91 Å². The molecule has 0 aliphatic carbocycles. The van der Waals surface area contributed by atoms with Crippen LogP contribution in [0.3, 0.4) is 0 Å². The fourth-order valence-corrected chi connectivity index (χ4v) is 2.99. The molecule has 1 heterocycles. The lowest BCUT2D eigenvalue weighted by atomic mass is 9.89. The van der Waals surface area contributed by atoms with Crippen molar-refractivity contribution in [2.45, 2.75) is 39.5 Å². The van der Waals surface area contributed by atoms with E-state index in [0.717, 1.165) is 37.4 Å². The van der Waals surface area contributed by atoms with Crippen LogP contribution in [0.1, 0.15) is 38.7 Å². The number of likely N-dealkylation sites (tertiary alicyclic amines) is 1. The molecule has 0 bridgehead atoms. The van der Waals surface area contributed by atoms with Crippen LogP contribution in [0.25, 0.3) is 0 Å². The van der Waals surface area contributed by atoms with Crippen LogP contribution in [0.5, 0.6) is 5.75 Å². The van der Waals surface area contributed by atoms with Crippen molar-refractivity contribution in [2.75, 3.05) is 13.1 Å². The van der Waals surface area contributed by atoms with Gasteiger partial charge in [0.05, 0.1) is 6.42 Å². The third kappa shape index (κ3) is 3.99. The van der Waals surface area contributed by atoms with E-state index in [1.165, 1.54) is 6.42 Å². The number of hydrogen-bond acceptors (Lipinski definition) is 2. The van der Waals surface area contributed by atoms with Gasteiger partial charge in [0.2, 0.25) is 5.91 Å². The van der Waals surface area contributed by atoms with Gasteiger partial charge in [0, 0.05) is 13.1 Å². The molecule has 0 aromatic heterocycles. The van der Waals surface area contributed by atoms with E-state index in [2.05, 4.69) is 13.8 Å². The zero-order valence-corrected chi connectivity index (χ0v) is 12.5. The Hall–Kier alpha value is -1.51. The van der Waals surface area contributed by atoms with Crippen molar-refractivity contribution in [1.82, 2.24) is 4.90 Å². The smallest absolute Gasteiger partial charge is 0.226 e. The Kier molecular flexibility index (Phi) is 5.05. The lowest BCUT2D eigenvalue weighted by molar-refractivity contribution is -0.130. The van der Waals surface area contributed by atoms with Gasteiger partial charge in [-0.05, 0) is 48.8 Å². The second-order valence-corrected chi connectivity index (χ2v) is 6.16. The summed E-state index contributed by atoms with van der Waals surface area (Å²) in [6.45, 7) is 6.30. The maximum atomic E-state index is 12.4. The van der Waals surface area contributed by atoms with Gasteiger partial charge in [0.15, 0.2) is 0 Å². The van der Waals surface area contributed by atoms with Gasteiger partial charge in [-0.15, -0.1) is 0 Å². The zero-order chi connectivity index (χ0) is 14.5. The van der Waals surface area contributed by atoms with Crippen LogP contribution in [-0.2, 0) is 11.2 Å². The van der Waals surface area contributed by atoms with Crippen LogP contribution < -0.4 is 0 Å². The maximum absolute atomic E-state index is 12.4. The van der Waals surface area contributed by atoms with E-state index in [9.17, 15) is 9.90 Å². The number of nitrogens with zero attached hydrogens (tertiary/aromatic N) is 1. The first-order valence-electron chi connectivity index (χ1n) is 7.62. The summed E-state index contributed by atoms with van der Waals surface area (Å²) in [5, 5.41) is 9.45. The lowest BCUT2D eigenvalue weighted by Crippen LogP contribution is -2.33. The van der Waals surface area contributed by atoms with Crippen molar-refractivity contribution in [3.8, 4) is 5.75 Å². The van der Waals surface area contributed by atoms with Gasteiger partial charge < -0.3 is 10.0 Å². The Morgan fingerprint density at radius 1 is 1.35 bits per heavy atom. The number of amides is 1. The summed E-state index contributed by atoms with van der Waals surface area (Å²) >= 11 is 0. The second kappa shape index (κ2) is 6.78. The van der Waals surface area contributed by atoms with Crippen LogP contribution in [0.4, 0.5) is 0 Å². The predicted octanol–water partition coefficient (Wildman–Crippen LogP) is 3.22. The van der Waals surface area contributed by atoms with Crippen molar-refractivity contribution in [3.63, 3.8) is 0 Å². The summed E-state index contributed by atoms with van der Waals surface area (Å²) in [4.78, 5) is 14.3. The number of phenolic OH excluding ortho intramolecular Hbond substituents is 1. The summed E-state index contributed by atoms with van der Waals surface area (Å²) in [7, 11) is 0. The molecule has 1 aliphatic rings. The molecule has 1 N–H and O–H groups in total. The van der Waals surface area contributed by atoms with Crippen molar-refractivity contribution in [2.24, 2.45) is 11.8 Å². The standard InChI is InChI=1S/C17H25NO2/c1-13(2)15-6-4-9-18(10-8-15)17(20)12-14-5-3-7-16(19)11-14/h3,5,7,11,13,15,19H,4,6,8-10,12H2,1-2H3. The highest BCUT2D eigenvalue weighted by Crippen LogP contribution is 2.25. The monoisotopic (exact) mass is 275 g/mol. The van der Waals surface area contributed by atoms with E-state index >= 15 is 0 Å². The van der Waals surface area contributed by atoms with E-state index in [-0.39, 0.29) is 11.7 Å². The number of hydrogen-bond donors (Lipinski definition) is 1. The fraction of sp³-hybridized carbons (Fsp3) is 0.588. The van der Waals surface area contributed by atoms with Crippen molar-refractivity contribution in [1.29, 1.82) is 0 Å². The number of aromatic hydroxyl groups is 1. The van der Waals surface area contributed by atoms with Gasteiger partial charge in [0.25, 0.3) is 0 Å². The largest absolute Gasteiger partial charge is 0.508 e. The van der Waals surface area contributed by atoms with Gasteiger partial charge in [-0.1, -0.05) is 26.0 Å². The highest BCUT2D eigenvalue weighted by molar-refractivity contribution is 5.78. The number of rotatable bonds is 3. The first-order chi connectivity index (χ1) is 9.56. The summed E-state index contributed by atoms with van der Waals surface area (Å²) < 4.78 is 0. The summed E-state index contributed by atoms with van der Waals surface area (Å²) in [6, 6.07) is 6.99. The minimum absolute atomic E-state index is 0.181. The third-order valence-corrected chi connectivity index (χ3v) is 4.33. The van der Waals surface area contributed by atoms with E-state index in [1.54, 1.807) is 18.2 Å². The Morgan fingerprint density at radius 2 is 2.15 bits per heavy atom. The van der Waals surface area contributed by atoms with Crippen molar-refractivity contribution < 1.29 is 9.90 Å². The first kappa shape index (κ1) is 14.9. The van der Waals surface area contributed by atoms with Gasteiger partial charge in [-0.2, -0.15) is 0 Å². The Morgan fingerprint density at radius 3 is 2.85 bits per heavy atom. The SMILES string of the molecule is CC(C)C1CCCN(C(=O)Cc2cccc(O)c2)CC1. The molecule has 1 saturated heterocycles. The molecule has 1 aliphatic heterocycles.